The Morgan fingerprint density at radius 2 is 2.46 bits per heavy atom. The Labute approximate surface area is 81.1 Å². The summed E-state index contributed by atoms with van der Waals surface area (Å²) in [7, 11) is 1.75. The van der Waals surface area contributed by atoms with Crippen LogP contribution in [-0.2, 0) is 11.9 Å². The van der Waals surface area contributed by atoms with Crippen LogP contribution in [0.3, 0.4) is 0 Å². The number of imidazole rings is 1. The molecule has 0 spiro atoms. The number of anilines is 1. The molecule has 1 rings (SSSR count). The second-order valence-corrected chi connectivity index (χ2v) is 2.72. The summed E-state index contributed by atoms with van der Waals surface area (Å²) in [5.74, 6) is 0.350. The standard InChI is InChI=1S/C7H11ClN4O/c1-3-13-10-4-5-6(8)11-7(9)12(5)2/h4H,3H2,1-2H3,(H2,9,11)/b10-4+. The minimum atomic E-state index is 0.323. The van der Waals surface area contributed by atoms with Gasteiger partial charge in [0.15, 0.2) is 5.15 Å². The smallest absolute Gasteiger partial charge is 0.201 e. The summed E-state index contributed by atoms with van der Waals surface area (Å²) in [6, 6.07) is 0. The number of rotatable bonds is 3. The Hall–Kier alpha value is -1.23. The molecule has 5 nitrogen and oxygen atoms in total. The summed E-state index contributed by atoms with van der Waals surface area (Å²) in [5.41, 5.74) is 6.14. The molecule has 1 aromatic heterocycles. The number of aromatic nitrogens is 2. The van der Waals surface area contributed by atoms with E-state index in [1.807, 2.05) is 6.92 Å². The van der Waals surface area contributed by atoms with Gasteiger partial charge < -0.3 is 15.1 Å². The average molecular weight is 203 g/mol. The Balaban J connectivity index is 2.87. The van der Waals surface area contributed by atoms with Gasteiger partial charge >= 0.3 is 0 Å². The molecule has 0 aliphatic carbocycles. The van der Waals surface area contributed by atoms with Crippen LogP contribution in [-0.4, -0.2) is 22.4 Å². The molecule has 1 aromatic rings. The summed E-state index contributed by atoms with van der Waals surface area (Å²) in [6.07, 6.45) is 1.48. The van der Waals surface area contributed by atoms with Gasteiger partial charge in [-0.05, 0) is 6.92 Å². The van der Waals surface area contributed by atoms with E-state index >= 15 is 0 Å². The lowest BCUT2D eigenvalue weighted by Gasteiger charge is -1.96. The van der Waals surface area contributed by atoms with Gasteiger partial charge in [0, 0.05) is 7.05 Å². The first kappa shape index (κ1) is 9.85. The van der Waals surface area contributed by atoms with Crippen molar-refractivity contribution in [3.63, 3.8) is 0 Å². The van der Waals surface area contributed by atoms with Crippen LogP contribution in [0.25, 0.3) is 0 Å². The topological polar surface area (TPSA) is 65.4 Å². The van der Waals surface area contributed by atoms with E-state index in [-0.39, 0.29) is 0 Å². The van der Waals surface area contributed by atoms with Crippen molar-refractivity contribution >= 4 is 23.8 Å². The molecule has 13 heavy (non-hydrogen) atoms. The number of oxime groups is 1. The number of hydrogen-bond acceptors (Lipinski definition) is 4. The van der Waals surface area contributed by atoms with Crippen molar-refractivity contribution in [1.29, 1.82) is 0 Å². The largest absolute Gasteiger partial charge is 0.396 e. The van der Waals surface area contributed by atoms with Crippen molar-refractivity contribution in [3.8, 4) is 0 Å². The fraction of sp³-hybridized carbons (Fsp3) is 0.429. The average Bonchev–Trinajstić information content (AvgIpc) is 2.32. The quantitative estimate of drug-likeness (QED) is 0.588. The van der Waals surface area contributed by atoms with Crippen LogP contribution in [0.2, 0.25) is 5.15 Å². The highest BCUT2D eigenvalue weighted by atomic mass is 35.5. The third-order valence-electron chi connectivity index (χ3n) is 1.51. The summed E-state index contributed by atoms with van der Waals surface area (Å²) in [4.78, 5) is 8.63. The van der Waals surface area contributed by atoms with Gasteiger partial charge in [-0.15, -0.1) is 0 Å². The number of hydrogen-bond donors (Lipinski definition) is 1. The van der Waals surface area contributed by atoms with Gasteiger partial charge in [0.2, 0.25) is 5.95 Å². The molecule has 0 atom stereocenters. The second kappa shape index (κ2) is 4.13. The van der Waals surface area contributed by atoms with Crippen LogP contribution >= 0.6 is 11.6 Å². The van der Waals surface area contributed by atoms with Crippen LogP contribution in [0.15, 0.2) is 5.16 Å². The van der Waals surface area contributed by atoms with Gasteiger partial charge in [-0.3, -0.25) is 0 Å². The minimum Gasteiger partial charge on any atom is -0.396 e. The third kappa shape index (κ3) is 2.12. The van der Waals surface area contributed by atoms with Crippen molar-refractivity contribution < 1.29 is 4.84 Å². The predicted molar refractivity (Wildman–Crippen MR) is 51.9 cm³/mol. The Morgan fingerprint density at radius 3 is 2.92 bits per heavy atom. The van der Waals surface area contributed by atoms with Crippen molar-refractivity contribution in [2.45, 2.75) is 6.92 Å². The summed E-state index contributed by atoms with van der Waals surface area (Å²) < 4.78 is 1.63. The normalized spacial score (nSPS) is 11.0. The number of nitrogens with zero attached hydrogens (tertiary/aromatic N) is 3. The van der Waals surface area contributed by atoms with E-state index in [0.29, 0.717) is 23.4 Å². The molecule has 6 heteroatoms. The van der Waals surface area contributed by atoms with Gasteiger partial charge in [-0.25, -0.2) is 4.98 Å². The van der Waals surface area contributed by atoms with Gasteiger partial charge in [-0.2, -0.15) is 0 Å². The first-order valence-electron chi connectivity index (χ1n) is 3.79. The Bertz CT molecular complexity index is 321. The van der Waals surface area contributed by atoms with Gasteiger partial charge in [0.05, 0.1) is 6.21 Å². The van der Waals surface area contributed by atoms with Gasteiger partial charge in [0.25, 0.3) is 0 Å². The lowest BCUT2D eigenvalue weighted by molar-refractivity contribution is 0.160. The molecule has 0 aliphatic heterocycles. The third-order valence-corrected chi connectivity index (χ3v) is 1.79. The maximum Gasteiger partial charge on any atom is 0.201 e. The van der Waals surface area contributed by atoms with Crippen LogP contribution in [0, 0.1) is 0 Å². The number of nitrogen functional groups attached to an aromatic ring is 1. The molecule has 1 heterocycles. The first-order valence-corrected chi connectivity index (χ1v) is 4.17. The van der Waals surface area contributed by atoms with E-state index < -0.39 is 0 Å². The second-order valence-electron chi connectivity index (χ2n) is 2.36. The van der Waals surface area contributed by atoms with Crippen molar-refractivity contribution in [3.05, 3.63) is 10.8 Å². The number of nitrogens with two attached hydrogens (primary N) is 1. The van der Waals surface area contributed by atoms with E-state index in [4.69, 9.17) is 22.2 Å². The molecule has 0 radical (unpaired) electrons. The zero-order chi connectivity index (χ0) is 9.84. The molecule has 0 unspecified atom stereocenters. The van der Waals surface area contributed by atoms with E-state index in [1.165, 1.54) is 6.21 Å². The summed E-state index contributed by atoms with van der Waals surface area (Å²) in [6.45, 7) is 2.36. The van der Waals surface area contributed by atoms with Crippen molar-refractivity contribution in [2.75, 3.05) is 12.3 Å². The summed E-state index contributed by atoms with van der Waals surface area (Å²) in [5, 5.41) is 3.99. The fourth-order valence-corrected chi connectivity index (χ4v) is 1.06. The minimum absolute atomic E-state index is 0.323. The van der Waals surface area contributed by atoms with E-state index in [2.05, 4.69) is 10.1 Å². The molecule has 72 valence electrons. The first-order chi connectivity index (χ1) is 6.16. The molecular formula is C7H11ClN4O. The molecular weight excluding hydrogens is 192 g/mol. The molecule has 0 aromatic carbocycles. The van der Waals surface area contributed by atoms with E-state index in [9.17, 15) is 0 Å². The Morgan fingerprint density at radius 1 is 1.77 bits per heavy atom. The highest BCUT2D eigenvalue weighted by Gasteiger charge is 2.07. The maximum absolute atomic E-state index is 5.77. The molecule has 0 aliphatic rings. The van der Waals surface area contributed by atoms with E-state index in [1.54, 1.807) is 11.6 Å². The molecule has 0 saturated heterocycles. The lowest BCUT2D eigenvalue weighted by atomic mass is 10.5. The molecule has 2 N–H and O–H groups in total. The van der Waals surface area contributed by atoms with Crippen molar-refractivity contribution in [2.24, 2.45) is 12.2 Å². The highest BCUT2D eigenvalue weighted by Crippen LogP contribution is 2.14. The van der Waals surface area contributed by atoms with Gasteiger partial charge in [0.1, 0.15) is 12.3 Å². The SMILES string of the molecule is CCO/N=C/c1c(Cl)nc(N)n1C. The number of halogens is 1. The van der Waals surface area contributed by atoms with Crippen LogP contribution < -0.4 is 5.73 Å². The van der Waals surface area contributed by atoms with Crippen LogP contribution in [0.4, 0.5) is 5.95 Å². The predicted octanol–water partition coefficient (Wildman–Crippen LogP) is 1.03. The van der Waals surface area contributed by atoms with Gasteiger partial charge in [-0.1, -0.05) is 16.8 Å². The molecule has 0 fully saturated rings. The maximum atomic E-state index is 5.77. The molecule has 0 bridgehead atoms. The van der Waals surface area contributed by atoms with Crippen LogP contribution in [0.5, 0.6) is 0 Å². The lowest BCUT2D eigenvalue weighted by Crippen LogP contribution is -2.00. The summed E-state index contributed by atoms with van der Waals surface area (Å²) >= 11 is 5.77. The zero-order valence-corrected chi connectivity index (χ0v) is 8.25. The van der Waals surface area contributed by atoms with Crippen molar-refractivity contribution in [1.82, 2.24) is 9.55 Å². The molecule has 0 saturated carbocycles. The Kier molecular flexibility index (Phi) is 3.13. The fourth-order valence-electron chi connectivity index (χ4n) is 0.796. The van der Waals surface area contributed by atoms with E-state index in [0.717, 1.165) is 0 Å². The highest BCUT2D eigenvalue weighted by molar-refractivity contribution is 6.31. The van der Waals surface area contributed by atoms with Crippen LogP contribution in [0.1, 0.15) is 12.6 Å². The molecule has 0 amide bonds. The zero-order valence-electron chi connectivity index (χ0n) is 7.49. The monoisotopic (exact) mass is 202 g/mol.